The molecule has 0 amide bonds. The maximum Gasteiger partial charge on any atom is 0.270 e. The summed E-state index contributed by atoms with van der Waals surface area (Å²) in [6.07, 6.45) is 0. The van der Waals surface area contributed by atoms with E-state index in [-0.39, 0.29) is 0 Å². The van der Waals surface area contributed by atoms with E-state index in [2.05, 4.69) is 4.98 Å². The van der Waals surface area contributed by atoms with Crippen LogP contribution in [-0.2, 0) is 0 Å². The number of hydrogen-bond donors (Lipinski definition) is 1. The van der Waals surface area contributed by atoms with Crippen LogP contribution in [0.2, 0.25) is 0 Å². The van der Waals surface area contributed by atoms with Crippen LogP contribution >= 0.6 is 11.3 Å². The van der Waals surface area contributed by atoms with Gasteiger partial charge in [-0.2, -0.15) is 4.39 Å². The monoisotopic (exact) mass is 168 g/mol. The summed E-state index contributed by atoms with van der Waals surface area (Å²) < 4.78 is 13.3. The number of halogens is 1. The molecule has 2 rings (SSSR count). The van der Waals surface area contributed by atoms with Crippen molar-refractivity contribution in [3.63, 3.8) is 0 Å². The van der Waals surface area contributed by atoms with Gasteiger partial charge in [-0.15, -0.1) is 0 Å². The molecule has 1 aromatic heterocycles. The summed E-state index contributed by atoms with van der Waals surface area (Å²) in [4.78, 5) is 3.64. The Balaban J connectivity index is 2.90. The molecule has 0 aliphatic carbocycles. The number of nitrogen functional groups attached to an aromatic ring is 1. The molecule has 0 saturated carbocycles. The van der Waals surface area contributed by atoms with Gasteiger partial charge in [0, 0.05) is 0 Å². The van der Waals surface area contributed by atoms with Gasteiger partial charge in [-0.25, -0.2) is 4.98 Å². The minimum absolute atomic E-state index is 0.432. The van der Waals surface area contributed by atoms with Crippen molar-refractivity contribution in [2.45, 2.75) is 0 Å². The number of para-hydroxylation sites is 1. The van der Waals surface area contributed by atoms with Gasteiger partial charge in [-0.1, -0.05) is 17.4 Å². The first kappa shape index (κ1) is 6.54. The van der Waals surface area contributed by atoms with E-state index in [0.717, 1.165) is 16.0 Å². The molecule has 0 bridgehead atoms. The second kappa shape index (κ2) is 2.17. The number of rotatable bonds is 0. The van der Waals surface area contributed by atoms with Crippen molar-refractivity contribution in [1.29, 1.82) is 0 Å². The lowest BCUT2D eigenvalue weighted by atomic mass is 10.3. The Morgan fingerprint density at radius 2 is 2.27 bits per heavy atom. The van der Waals surface area contributed by atoms with E-state index < -0.39 is 5.26 Å². The van der Waals surface area contributed by atoms with E-state index in [0.29, 0.717) is 11.2 Å². The minimum atomic E-state index is -0.432. The zero-order chi connectivity index (χ0) is 7.84. The van der Waals surface area contributed by atoms with E-state index >= 15 is 0 Å². The number of nitrogens with two attached hydrogens (primary N) is 1. The zero-order valence-corrected chi connectivity index (χ0v) is 6.36. The number of benzene rings is 1. The molecule has 0 fully saturated rings. The molecule has 0 radical (unpaired) electrons. The van der Waals surface area contributed by atoms with Crippen LogP contribution in [0.25, 0.3) is 10.2 Å². The van der Waals surface area contributed by atoms with Gasteiger partial charge in [0.2, 0.25) is 0 Å². The maximum atomic E-state index is 12.6. The third-order valence-corrected chi connectivity index (χ3v) is 2.23. The lowest BCUT2D eigenvalue weighted by Gasteiger charge is -1.90. The van der Waals surface area contributed by atoms with Crippen LogP contribution in [0, 0.1) is 5.26 Å². The van der Waals surface area contributed by atoms with E-state index in [1.54, 1.807) is 18.2 Å². The Morgan fingerprint density at radius 3 is 3.00 bits per heavy atom. The van der Waals surface area contributed by atoms with Crippen LogP contribution in [0.5, 0.6) is 0 Å². The van der Waals surface area contributed by atoms with Crippen LogP contribution in [0.3, 0.4) is 0 Å². The Labute approximate surface area is 66.5 Å². The van der Waals surface area contributed by atoms with Gasteiger partial charge in [-0.05, 0) is 12.1 Å². The highest BCUT2D eigenvalue weighted by atomic mass is 32.1. The van der Waals surface area contributed by atoms with E-state index in [4.69, 9.17) is 5.73 Å². The Bertz CT molecular complexity index is 396. The summed E-state index contributed by atoms with van der Waals surface area (Å²) in [5.41, 5.74) is 6.64. The summed E-state index contributed by atoms with van der Waals surface area (Å²) in [7, 11) is 0. The highest BCUT2D eigenvalue weighted by Crippen LogP contribution is 2.24. The molecular weight excluding hydrogens is 163 g/mol. The molecule has 0 unspecified atom stereocenters. The van der Waals surface area contributed by atoms with Crippen LogP contribution < -0.4 is 5.73 Å². The quantitative estimate of drug-likeness (QED) is 0.611. The number of anilines is 1. The third-order valence-electron chi connectivity index (χ3n) is 1.42. The largest absolute Gasteiger partial charge is 0.397 e. The van der Waals surface area contributed by atoms with Crippen LogP contribution in [0.4, 0.5) is 10.1 Å². The van der Waals surface area contributed by atoms with Crippen molar-refractivity contribution in [3.05, 3.63) is 23.5 Å². The van der Waals surface area contributed by atoms with Gasteiger partial charge in [0.25, 0.3) is 5.26 Å². The summed E-state index contributed by atoms with van der Waals surface area (Å²) in [6, 6.07) is 5.29. The molecule has 0 aliphatic heterocycles. The van der Waals surface area contributed by atoms with Gasteiger partial charge >= 0.3 is 0 Å². The summed E-state index contributed by atoms with van der Waals surface area (Å²) in [5.74, 6) is 0. The molecular formula is C7H5FN2S. The van der Waals surface area contributed by atoms with Crippen molar-refractivity contribution < 1.29 is 4.39 Å². The average Bonchev–Trinajstić information content (AvgIpc) is 2.31. The van der Waals surface area contributed by atoms with Crippen LogP contribution in [0.15, 0.2) is 18.2 Å². The van der Waals surface area contributed by atoms with E-state index in [1.807, 2.05) is 0 Å². The molecule has 56 valence electrons. The lowest BCUT2D eigenvalue weighted by molar-refractivity contribution is 0.620. The number of nitrogens with zero attached hydrogens (tertiary/aromatic N) is 1. The Hall–Kier alpha value is -1.16. The summed E-state index contributed by atoms with van der Waals surface area (Å²) >= 11 is 1.01. The smallest absolute Gasteiger partial charge is 0.270 e. The standard InChI is InChI=1S/C7H5FN2S/c8-7-10-6-4(9)2-1-3-5(6)11-7/h1-3H,9H2. The second-order valence-corrected chi connectivity index (χ2v) is 3.14. The van der Waals surface area contributed by atoms with Crippen LogP contribution in [0.1, 0.15) is 0 Å². The summed E-state index contributed by atoms with van der Waals surface area (Å²) in [6.45, 7) is 0. The normalized spacial score (nSPS) is 10.6. The van der Waals surface area contributed by atoms with E-state index in [1.165, 1.54) is 0 Å². The molecule has 0 saturated heterocycles. The first-order valence-electron chi connectivity index (χ1n) is 3.08. The zero-order valence-electron chi connectivity index (χ0n) is 5.54. The molecule has 0 atom stereocenters. The first-order valence-corrected chi connectivity index (χ1v) is 3.89. The topological polar surface area (TPSA) is 38.9 Å². The first-order chi connectivity index (χ1) is 5.27. The predicted molar refractivity (Wildman–Crippen MR) is 44.0 cm³/mol. The van der Waals surface area contributed by atoms with Crippen molar-refractivity contribution in [1.82, 2.24) is 4.98 Å². The number of hydrogen-bond acceptors (Lipinski definition) is 3. The lowest BCUT2D eigenvalue weighted by Crippen LogP contribution is -1.84. The third kappa shape index (κ3) is 0.952. The van der Waals surface area contributed by atoms with Gasteiger partial charge in [0.1, 0.15) is 5.52 Å². The minimum Gasteiger partial charge on any atom is -0.397 e. The molecule has 2 N–H and O–H groups in total. The van der Waals surface area contributed by atoms with Crippen molar-refractivity contribution >= 4 is 27.2 Å². The van der Waals surface area contributed by atoms with E-state index in [9.17, 15) is 4.39 Å². The molecule has 0 spiro atoms. The number of thiazole rings is 1. The van der Waals surface area contributed by atoms with Gasteiger partial charge in [0.15, 0.2) is 0 Å². The van der Waals surface area contributed by atoms with Crippen molar-refractivity contribution in [2.24, 2.45) is 0 Å². The number of fused-ring (bicyclic) bond motifs is 1. The van der Waals surface area contributed by atoms with Crippen molar-refractivity contribution in [2.75, 3.05) is 5.73 Å². The highest BCUT2D eigenvalue weighted by Gasteiger charge is 2.03. The molecule has 1 heterocycles. The fraction of sp³-hybridized carbons (Fsp3) is 0. The van der Waals surface area contributed by atoms with Crippen molar-refractivity contribution in [3.8, 4) is 0 Å². The molecule has 2 nitrogen and oxygen atoms in total. The Morgan fingerprint density at radius 1 is 1.45 bits per heavy atom. The van der Waals surface area contributed by atoms with Gasteiger partial charge in [-0.3, -0.25) is 0 Å². The fourth-order valence-corrected chi connectivity index (χ4v) is 1.67. The molecule has 11 heavy (non-hydrogen) atoms. The maximum absolute atomic E-state index is 12.6. The fourth-order valence-electron chi connectivity index (χ4n) is 0.943. The van der Waals surface area contributed by atoms with Crippen LogP contribution in [-0.4, -0.2) is 4.98 Å². The SMILES string of the molecule is Nc1cccc2sc(F)nc12. The highest BCUT2D eigenvalue weighted by molar-refractivity contribution is 7.17. The molecule has 1 aromatic carbocycles. The summed E-state index contributed by atoms with van der Waals surface area (Å²) in [5, 5.41) is -0.432. The predicted octanol–water partition coefficient (Wildman–Crippen LogP) is 2.02. The van der Waals surface area contributed by atoms with Gasteiger partial charge in [0.05, 0.1) is 10.4 Å². The average molecular weight is 168 g/mol. The second-order valence-electron chi connectivity index (χ2n) is 2.16. The molecule has 2 aromatic rings. The number of aromatic nitrogens is 1. The molecule has 4 heteroatoms. The molecule has 0 aliphatic rings. The van der Waals surface area contributed by atoms with Gasteiger partial charge < -0.3 is 5.73 Å². The Kier molecular flexibility index (Phi) is 1.29.